The molecule has 0 aliphatic heterocycles. The van der Waals surface area contributed by atoms with Crippen molar-refractivity contribution in [1.82, 2.24) is 10.2 Å². The maximum Gasteiger partial charge on any atom is 0.329 e. The van der Waals surface area contributed by atoms with Gasteiger partial charge in [-0.2, -0.15) is 0 Å². The highest BCUT2D eigenvalue weighted by Gasteiger charge is 2.53. The Morgan fingerprint density at radius 1 is 1.02 bits per heavy atom. The largest absolute Gasteiger partial charge is 0.493 e. The number of aryl methyl sites for hydroxylation is 1. The number of nitrogens with zero attached hydrogens (tertiary/aromatic N) is 1. The van der Waals surface area contributed by atoms with Gasteiger partial charge in [-0.25, -0.2) is 9.59 Å². The maximum absolute atomic E-state index is 13.8. The molecule has 8 heteroatoms. The Labute approximate surface area is 239 Å². The molecule has 1 aliphatic rings. The Bertz CT molecular complexity index is 1090. The van der Waals surface area contributed by atoms with Crippen molar-refractivity contribution in [3.63, 3.8) is 0 Å². The number of benzene rings is 2. The van der Waals surface area contributed by atoms with Crippen LogP contribution in [0.1, 0.15) is 83.0 Å². The van der Waals surface area contributed by atoms with Crippen molar-refractivity contribution in [3.8, 4) is 11.5 Å². The minimum atomic E-state index is -1.33. The fourth-order valence-electron chi connectivity index (χ4n) is 5.25. The number of urea groups is 1. The zero-order valence-electron chi connectivity index (χ0n) is 24.9. The molecule has 1 atom stereocenters. The topological polar surface area (TPSA) is 97.3 Å². The van der Waals surface area contributed by atoms with Crippen molar-refractivity contribution >= 4 is 12.0 Å². The van der Waals surface area contributed by atoms with Crippen LogP contribution in [0.4, 0.5) is 4.79 Å². The third-order valence-electron chi connectivity index (χ3n) is 7.47. The van der Waals surface area contributed by atoms with Gasteiger partial charge in [0.15, 0.2) is 0 Å². The summed E-state index contributed by atoms with van der Waals surface area (Å²) in [6.07, 6.45) is 2.88. The minimum Gasteiger partial charge on any atom is -0.493 e. The van der Waals surface area contributed by atoms with E-state index >= 15 is 0 Å². The number of nitrogens with one attached hydrogen (secondary N) is 1. The summed E-state index contributed by atoms with van der Waals surface area (Å²) in [5, 5.41) is 12.9. The number of hydrogen-bond acceptors (Lipinski definition) is 5. The molecule has 1 fully saturated rings. The van der Waals surface area contributed by atoms with Crippen LogP contribution in [0, 0.1) is 6.92 Å². The molecular weight excluding hydrogens is 508 g/mol. The molecule has 0 heterocycles. The van der Waals surface area contributed by atoms with Gasteiger partial charge in [0, 0.05) is 24.9 Å². The predicted molar refractivity (Wildman–Crippen MR) is 156 cm³/mol. The summed E-state index contributed by atoms with van der Waals surface area (Å²) in [5.74, 6) is 0.401. The lowest BCUT2D eigenvalue weighted by molar-refractivity contribution is -0.159. The third kappa shape index (κ3) is 7.90. The molecule has 2 aromatic rings. The summed E-state index contributed by atoms with van der Waals surface area (Å²) in [6.45, 7) is 13.1. The van der Waals surface area contributed by atoms with E-state index in [1.54, 1.807) is 4.90 Å². The summed E-state index contributed by atoms with van der Waals surface area (Å²) in [7, 11) is 0. The van der Waals surface area contributed by atoms with Crippen molar-refractivity contribution < 1.29 is 28.9 Å². The molecule has 220 valence electrons. The van der Waals surface area contributed by atoms with Crippen molar-refractivity contribution in [1.29, 1.82) is 0 Å². The van der Waals surface area contributed by atoms with Crippen molar-refractivity contribution in [2.24, 2.45) is 0 Å². The van der Waals surface area contributed by atoms with Crippen LogP contribution in [0.5, 0.6) is 11.5 Å². The van der Waals surface area contributed by atoms with Gasteiger partial charge in [0.2, 0.25) is 0 Å². The fraction of sp³-hybridized carbons (Fsp3) is 0.562. The lowest BCUT2D eigenvalue weighted by atomic mass is 9.74. The quantitative estimate of drug-likeness (QED) is 0.251. The molecule has 2 amide bonds. The second-order valence-corrected chi connectivity index (χ2v) is 10.9. The zero-order valence-corrected chi connectivity index (χ0v) is 24.9. The lowest BCUT2D eigenvalue weighted by Crippen LogP contribution is -2.66. The molecule has 2 N–H and O–H groups in total. The normalized spacial score (nSPS) is 19.0. The Kier molecular flexibility index (Phi) is 11.3. The Balaban J connectivity index is 1.83. The highest BCUT2D eigenvalue weighted by molar-refractivity contribution is 5.87. The monoisotopic (exact) mass is 554 g/mol. The van der Waals surface area contributed by atoms with Gasteiger partial charge in [-0.1, -0.05) is 30.3 Å². The van der Waals surface area contributed by atoms with Crippen LogP contribution in [0.25, 0.3) is 0 Å². The van der Waals surface area contributed by atoms with Crippen LogP contribution in [-0.4, -0.2) is 59.5 Å². The van der Waals surface area contributed by atoms with Crippen LogP contribution < -0.4 is 14.8 Å². The van der Waals surface area contributed by atoms with Crippen molar-refractivity contribution in [2.45, 2.75) is 97.4 Å². The summed E-state index contributed by atoms with van der Waals surface area (Å²) < 4.78 is 17.6. The molecule has 1 saturated carbocycles. The first kappa shape index (κ1) is 31.3. The van der Waals surface area contributed by atoms with Crippen LogP contribution in [0.15, 0.2) is 42.5 Å². The van der Waals surface area contributed by atoms with Gasteiger partial charge in [-0.05, 0) is 84.1 Å². The second kappa shape index (κ2) is 14.4. The van der Waals surface area contributed by atoms with Gasteiger partial charge < -0.3 is 29.5 Å². The number of unbranched alkanes of at least 4 members (excludes halogenated alkanes) is 1. The van der Waals surface area contributed by atoms with E-state index in [2.05, 4.69) is 17.4 Å². The Hall–Kier alpha value is -3.26. The van der Waals surface area contributed by atoms with E-state index in [4.69, 9.17) is 14.2 Å². The smallest absolute Gasteiger partial charge is 0.329 e. The summed E-state index contributed by atoms with van der Waals surface area (Å²) in [6, 6.07) is 13.4. The minimum absolute atomic E-state index is 0.00533. The number of aliphatic carboxylic acids is 1. The number of carbonyl (C=O) groups excluding carboxylic acids is 1. The maximum atomic E-state index is 13.8. The van der Waals surface area contributed by atoms with Gasteiger partial charge in [0.1, 0.15) is 17.0 Å². The Morgan fingerprint density at radius 3 is 2.15 bits per heavy atom. The van der Waals surface area contributed by atoms with E-state index in [0.29, 0.717) is 19.8 Å². The zero-order chi connectivity index (χ0) is 29.3. The van der Waals surface area contributed by atoms with E-state index in [1.165, 1.54) is 5.56 Å². The standard InChI is InChI=1S/C32H46N2O6/c1-7-38-28-18-26(19-29(23(28)5)39-8-2)24(6)34(17-13-12-16-25-14-10-9-11-15-25)31(37)33-32(30(35)36)20-27(21-32)40-22(3)4/h9-11,14-15,18-19,22,24,27H,7-8,12-13,16-17,20-21H2,1-6H3,(H,33,37)(H,35,36)/t24-,27?,32?/m1/s1. The molecule has 1 aliphatic carbocycles. The molecule has 40 heavy (non-hydrogen) atoms. The van der Waals surface area contributed by atoms with Crippen LogP contribution in [-0.2, 0) is 16.0 Å². The first-order chi connectivity index (χ1) is 19.1. The first-order valence-electron chi connectivity index (χ1n) is 14.5. The molecule has 3 rings (SSSR count). The van der Waals surface area contributed by atoms with Gasteiger partial charge in [-0.15, -0.1) is 0 Å². The van der Waals surface area contributed by atoms with Gasteiger partial charge in [-0.3, -0.25) is 0 Å². The number of carboxylic acid groups (broad SMARTS) is 1. The number of hydrogen-bond donors (Lipinski definition) is 2. The predicted octanol–water partition coefficient (Wildman–Crippen LogP) is 6.30. The molecule has 0 saturated heterocycles. The number of carbonyl (C=O) groups is 2. The summed E-state index contributed by atoms with van der Waals surface area (Å²) >= 11 is 0. The molecular formula is C32H46N2O6. The van der Waals surface area contributed by atoms with Crippen LogP contribution >= 0.6 is 0 Å². The van der Waals surface area contributed by atoms with Crippen molar-refractivity contribution in [3.05, 3.63) is 59.2 Å². The lowest BCUT2D eigenvalue weighted by Gasteiger charge is -2.46. The molecule has 8 nitrogen and oxygen atoms in total. The molecule has 0 unspecified atom stereocenters. The highest BCUT2D eigenvalue weighted by Crippen LogP contribution is 2.38. The van der Waals surface area contributed by atoms with E-state index in [1.807, 2.05) is 71.9 Å². The Morgan fingerprint density at radius 2 is 1.62 bits per heavy atom. The van der Waals surface area contributed by atoms with Gasteiger partial charge >= 0.3 is 12.0 Å². The van der Waals surface area contributed by atoms with Crippen LogP contribution in [0.2, 0.25) is 0 Å². The molecule has 0 bridgehead atoms. The van der Waals surface area contributed by atoms with Crippen LogP contribution in [0.3, 0.4) is 0 Å². The number of ether oxygens (including phenoxy) is 3. The average molecular weight is 555 g/mol. The van der Waals surface area contributed by atoms with E-state index in [9.17, 15) is 14.7 Å². The third-order valence-corrected chi connectivity index (χ3v) is 7.47. The summed E-state index contributed by atoms with van der Waals surface area (Å²) in [4.78, 5) is 27.8. The SMILES string of the molecule is CCOc1cc([C@@H](C)N(CCCCc2ccccc2)C(=O)NC2(C(=O)O)CC(OC(C)C)C2)cc(OCC)c1C. The van der Waals surface area contributed by atoms with E-state index in [-0.39, 0.29) is 31.1 Å². The fourth-order valence-corrected chi connectivity index (χ4v) is 5.25. The number of carboxylic acids is 1. The number of rotatable bonds is 15. The van der Waals surface area contributed by atoms with E-state index in [0.717, 1.165) is 41.9 Å². The van der Waals surface area contributed by atoms with Gasteiger partial charge in [0.05, 0.1) is 31.5 Å². The average Bonchev–Trinajstić information content (AvgIpc) is 2.89. The second-order valence-electron chi connectivity index (χ2n) is 10.9. The summed E-state index contributed by atoms with van der Waals surface area (Å²) in [5.41, 5.74) is 1.70. The highest BCUT2D eigenvalue weighted by atomic mass is 16.5. The number of amides is 2. The van der Waals surface area contributed by atoms with Gasteiger partial charge in [0.25, 0.3) is 0 Å². The first-order valence-corrected chi connectivity index (χ1v) is 14.5. The molecule has 2 aromatic carbocycles. The van der Waals surface area contributed by atoms with Crippen molar-refractivity contribution in [2.75, 3.05) is 19.8 Å². The van der Waals surface area contributed by atoms with E-state index < -0.39 is 17.5 Å². The molecule has 0 spiro atoms. The molecule has 0 radical (unpaired) electrons. The molecule has 0 aromatic heterocycles.